The molecule has 2 rings (SSSR count). The van der Waals surface area contributed by atoms with Crippen molar-refractivity contribution in [3.63, 3.8) is 0 Å². The fraction of sp³-hybridized carbons (Fsp3) is 0.636. The van der Waals surface area contributed by atoms with Crippen LogP contribution in [0.2, 0.25) is 0 Å². The van der Waals surface area contributed by atoms with Crippen LogP contribution in [0.25, 0.3) is 0 Å². The smallest absolute Gasteiger partial charge is 0.252 e. The lowest BCUT2D eigenvalue weighted by atomic mass is 10.3. The highest BCUT2D eigenvalue weighted by Gasteiger charge is 2.07. The van der Waals surface area contributed by atoms with Gasteiger partial charge in [0.25, 0.3) is 5.56 Å². The molecular weight excluding hydrogens is 218 g/mol. The lowest BCUT2D eigenvalue weighted by molar-refractivity contribution is 0.240. The molecule has 1 fully saturated rings. The third-order valence-corrected chi connectivity index (χ3v) is 2.85. The number of hydrogen-bond donors (Lipinski definition) is 3. The topological polar surface area (TPSA) is 73.1 Å². The summed E-state index contributed by atoms with van der Waals surface area (Å²) in [5.74, 6) is 0.647. The molecule has 0 unspecified atom stereocenters. The summed E-state index contributed by atoms with van der Waals surface area (Å²) in [6.07, 6.45) is 2.48. The highest BCUT2D eigenvalue weighted by atomic mass is 16.1. The average Bonchev–Trinajstić information content (AvgIpc) is 2.36. The molecule has 94 valence electrons. The predicted molar refractivity (Wildman–Crippen MR) is 67.3 cm³/mol. The van der Waals surface area contributed by atoms with Crippen LogP contribution in [-0.2, 0) is 0 Å². The Hall–Kier alpha value is -1.40. The Balaban J connectivity index is 1.64. The summed E-state index contributed by atoms with van der Waals surface area (Å²) in [5, 5.41) is 6.48. The molecule has 0 aromatic carbocycles. The predicted octanol–water partition coefficient (Wildman–Crippen LogP) is -0.523. The fourth-order valence-corrected chi connectivity index (χ4v) is 1.92. The standard InChI is InChI=1S/C11H19N5O/c17-11-8-10(14-9-15-11)13-2-1-5-16-6-3-12-4-7-16/h8-9,12H,1-7H2,(H2,13,14,15,17). The van der Waals surface area contributed by atoms with Gasteiger partial charge in [0.2, 0.25) is 0 Å². The molecule has 1 aromatic rings. The molecule has 0 spiro atoms. The lowest BCUT2D eigenvalue weighted by Gasteiger charge is -2.27. The summed E-state index contributed by atoms with van der Waals surface area (Å²) < 4.78 is 0. The van der Waals surface area contributed by atoms with Crippen LogP contribution in [0, 0.1) is 0 Å². The minimum Gasteiger partial charge on any atom is -0.370 e. The number of hydrogen-bond acceptors (Lipinski definition) is 5. The maximum absolute atomic E-state index is 11.0. The molecule has 1 aliphatic rings. The fourth-order valence-electron chi connectivity index (χ4n) is 1.92. The van der Waals surface area contributed by atoms with Crippen LogP contribution in [0.5, 0.6) is 0 Å². The number of piperazine rings is 1. The van der Waals surface area contributed by atoms with Gasteiger partial charge in [-0.05, 0) is 13.0 Å². The van der Waals surface area contributed by atoms with E-state index in [-0.39, 0.29) is 5.56 Å². The molecule has 1 saturated heterocycles. The van der Waals surface area contributed by atoms with Crippen LogP contribution < -0.4 is 16.2 Å². The molecule has 0 bridgehead atoms. The molecule has 0 radical (unpaired) electrons. The summed E-state index contributed by atoms with van der Waals surface area (Å²) in [6, 6.07) is 1.48. The Morgan fingerprint density at radius 1 is 1.41 bits per heavy atom. The second-order valence-electron chi connectivity index (χ2n) is 4.17. The Morgan fingerprint density at radius 2 is 2.24 bits per heavy atom. The van der Waals surface area contributed by atoms with Gasteiger partial charge in [-0.15, -0.1) is 0 Å². The van der Waals surface area contributed by atoms with Crippen LogP contribution >= 0.6 is 0 Å². The second kappa shape index (κ2) is 6.36. The first-order valence-corrected chi connectivity index (χ1v) is 6.06. The summed E-state index contributed by atoms with van der Waals surface area (Å²) in [7, 11) is 0. The second-order valence-corrected chi connectivity index (χ2v) is 4.17. The molecular formula is C11H19N5O. The Labute approximate surface area is 100 Å². The highest BCUT2D eigenvalue weighted by molar-refractivity contribution is 5.31. The largest absolute Gasteiger partial charge is 0.370 e. The van der Waals surface area contributed by atoms with Gasteiger partial charge < -0.3 is 20.5 Å². The van der Waals surface area contributed by atoms with Gasteiger partial charge in [-0.1, -0.05) is 0 Å². The van der Waals surface area contributed by atoms with Gasteiger partial charge in [0.05, 0.1) is 6.33 Å². The zero-order chi connectivity index (χ0) is 11.9. The van der Waals surface area contributed by atoms with Crippen molar-refractivity contribution in [2.24, 2.45) is 0 Å². The van der Waals surface area contributed by atoms with Crippen LogP contribution in [0.1, 0.15) is 6.42 Å². The van der Waals surface area contributed by atoms with Crippen molar-refractivity contribution in [3.05, 3.63) is 22.7 Å². The molecule has 1 aromatic heterocycles. The van der Waals surface area contributed by atoms with E-state index in [2.05, 4.69) is 25.5 Å². The Kier molecular flexibility index (Phi) is 4.52. The number of rotatable bonds is 5. The first-order valence-electron chi connectivity index (χ1n) is 6.06. The molecule has 6 heteroatoms. The van der Waals surface area contributed by atoms with Crippen molar-refractivity contribution in [1.29, 1.82) is 0 Å². The summed E-state index contributed by atoms with van der Waals surface area (Å²) >= 11 is 0. The van der Waals surface area contributed by atoms with Crippen LogP contribution in [0.3, 0.4) is 0 Å². The molecule has 1 aliphatic heterocycles. The van der Waals surface area contributed by atoms with E-state index in [0.717, 1.165) is 45.7 Å². The van der Waals surface area contributed by atoms with Crippen molar-refractivity contribution in [2.45, 2.75) is 6.42 Å². The normalized spacial score (nSPS) is 16.9. The first-order chi connectivity index (χ1) is 8.34. The monoisotopic (exact) mass is 237 g/mol. The molecule has 0 amide bonds. The van der Waals surface area contributed by atoms with Gasteiger partial charge in [0.1, 0.15) is 5.82 Å². The molecule has 3 N–H and O–H groups in total. The van der Waals surface area contributed by atoms with Crippen molar-refractivity contribution in [3.8, 4) is 0 Å². The van der Waals surface area contributed by atoms with E-state index in [1.807, 2.05) is 0 Å². The quantitative estimate of drug-likeness (QED) is 0.601. The molecule has 2 heterocycles. The van der Waals surface area contributed by atoms with Crippen molar-refractivity contribution < 1.29 is 0 Å². The van der Waals surface area contributed by atoms with E-state index in [1.165, 1.54) is 12.4 Å². The van der Waals surface area contributed by atoms with Gasteiger partial charge in [0, 0.05) is 38.8 Å². The number of aromatic amines is 1. The SMILES string of the molecule is O=c1cc(NCCCN2CCNCC2)nc[nH]1. The lowest BCUT2D eigenvalue weighted by Crippen LogP contribution is -2.44. The molecule has 6 nitrogen and oxygen atoms in total. The summed E-state index contributed by atoms with van der Waals surface area (Å²) in [4.78, 5) is 20.0. The van der Waals surface area contributed by atoms with Crippen LogP contribution in [0.15, 0.2) is 17.2 Å². The zero-order valence-electron chi connectivity index (χ0n) is 9.91. The molecule has 0 atom stereocenters. The van der Waals surface area contributed by atoms with Gasteiger partial charge in [-0.3, -0.25) is 4.79 Å². The third-order valence-electron chi connectivity index (χ3n) is 2.85. The minimum absolute atomic E-state index is 0.121. The highest BCUT2D eigenvalue weighted by Crippen LogP contribution is 1.97. The third kappa shape index (κ3) is 4.16. The van der Waals surface area contributed by atoms with E-state index < -0.39 is 0 Å². The van der Waals surface area contributed by atoms with Gasteiger partial charge in [0.15, 0.2) is 0 Å². The number of nitrogens with one attached hydrogen (secondary N) is 3. The Bertz CT molecular complexity index is 385. The number of H-pyrrole nitrogens is 1. The molecule has 0 aliphatic carbocycles. The van der Waals surface area contributed by atoms with Crippen molar-refractivity contribution in [2.75, 3.05) is 44.6 Å². The zero-order valence-corrected chi connectivity index (χ0v) is 9.91. The summed E-state index contributed by atoms with van der Waals surface area (Å²) in [5.41, 5.74) is -0.121. The van der Waals surface area contributed by atoms with E-state index in [4.69, 9.17) is 0 Å². The van der Waals surface area contributed by atoms with Gasteiger partial charge in [-0.25, -0.2) is 4.98 Å². The van der Waals surface area contributed by atoms with Crippen LogP contribution in [-0.4, -0.2) is 54.1 Å². The van der Waals surface area contributed by atoms with E-state index >= 15 is 0 Å². The number of aromatic nitrogens is 2. The van der Waals surface area contributed by atoms with E-state index in [1.54, 1.807) is 0 Å². The first kappa shape index (κ1) is 12.1. The van der Waals surface area contributed by atoms with Gasteiger partial charge in [-0.2, -0.15) is 0 Å². The maximum atomic E-state index is 11.0. The Morgan fingerprint density at radius 3 is 3.00 bits per heavy atom. The minimum atomic E-state index is -0.121. The molecule has 0 saturated carbocycles. The summed E-state index contributed by atoms with van der Waals surface area (Å²) in [6.45, 7) is 6.37. The van der Waals surface area contributed by atoms with Gasteiger partial charge >= 0.3 is 0 Å². The van der Waals surface area contributed by atoms with Crippen LogP contribution in [0.4, 0.5) is 5.82 Å². The maximum Gasteiger partial charge on any atom is 0.252 e. The average molecular weight is 237 g/mol. The van der Waals surface area contributed by atoms with Crippen molar-refractivity contribution >= 4 is 5.82 Å². The molecule has 17 heavy (non-hydrogen) atoms. The van der Waals surface area contributed by atoms with Crippen molar-refractivity contribution in [1.82, 2.24) is 20.2 Å². The van der Waals surface area contributed by atoms with E-state index in [9.17, 15) is 4.79 Å². The van der Waals surface area contributed by atoms with E-state index in [0.29, 0.717) is 5.82 Å². The number of nitrogens with zero attached hydrogens (tertiary/aromatic N) is 2. The number of anilines is 1.